The molecule has 1 aromatic rings. The molecule has 17 heavy (non-hydrogen) atoms. The first-order valence-corrected chi connectivity index (χ1v) is 5.76. The van der Waals surface area contributed by atoms with Crippen molar-refractivity contribution in [2.75, 3.05) is 7.05 Å². The Kier molecular flexibility index (Phi) is 3.91. The van der Waals surface area contributed by atoms with E-state index in [9.17, 15) is 9.18 Å². The van der Waals surface area contributed by atoms with E-state index in [-0.39, 0.29) is 17.8 Å². The van der Waals surface area contributed by atoms with Crippen molar-refractivity contribution in [2.45, 2.75) is 33.7 Å². The van der Waals surface area contributed by atoms with Crippen molar-refractivity contribution in [3.8, 4) is 0 Å². The summed E-state index contributed by atoms with van der Waals surface area (Å²) in [7, 11) is 1.75. The first-order valence-electron chi connectivity index (χ1n) is 5.76. The van der Waals surface area contributed by atoms with E-state index in [1.54, 1.807) is 18.0 Å². The van der Waals surface area contributed by atoms with Gasteiger partial charge in [0.15, 0.2) is 0 Å². The van der Waals surface area contributed by atoms with Gasteiger partial charge >= 0.3 is 0 Å². The number of hydrogen-bond donors (Lipinski definition) is 0. The Balaban J connectivity index is 2.91. The fourth-order valence-corrected chi connectivity index (χ4v) is 1.70. The van der Waals surface area contributed by atoms with Crippen LogP contribution < -0.4 is 0 Å². The van der Waals surface area contributed by atoms with Crippen LogP contribution in [0.15, 0.2) is 24.3 Å². The Morgan fingerprint density at radius 1 is 1.35 bits per heavy atom. The molecule has 0 fully saturated rings. The van der Waals surface area contributed by atoms with Crippen LogP contribution in [0.3, 0.4) is 0 Å². The molecule has 0 saturated heterocycles. The smallest absolute Gasteiger partial charge is 0.228 e. The number of carbonyl (C=O) groups excluding carboxylic acids is 1. The second-order valence-corrected chi connectivity index (χ2v) is 5.40. The maximum Gasteiger partial charge on any atom is 0.228 e. The van der Waals surface area contributed by atoms with E-state index in [0.29, 0.717) is 0 Å². The maximum atomic E-state index is 13.1. The minimum atomic E-state index is -0.420. The average molecular weight is 237 g/mol. The molecule has 1 rings (SSSR count). The van der Waals surface area contributed by atoms with Crippen LogP contribution in [0.4, 0.5) is 4.39 Å². The van der Waals surface area contributed by atoms with Gasteiger partial charge in [0.2, 0.25) is 5.91 Å². The van der Waals surface area contributed by atoms with E-state index < -0.39 is 5.41 Å². The summed E-state index contributed by atoms with van der Waals surface area (Å²) in [5.74, 6) is -0.222. The minimum Gasteiger partial charge on any atom is -0.339 e. The number of halogens is 1. The first kappa shape index (κ1) is 13.7. The lowest BCUT2D eigenvalue weighted by atomic mass is 9.93. The van der Waals surface area contributed by atoms with Gasteiger partial charge in [-0.15, -0.1) is 0 Å². The van der Waals surface area contributed by atoms with Crippen LogP contribution in [-0.2, 0) is 4.79 Å². The third kappa shape index (κ3) is 3.29. The number of rotatable bonds is 2. The van der Waals surface area contributed by atoms with Gasteiger partial charge in [-0.2, -0.15) is 0 Å². The van der Waals surface area contributed by atoms with E-state index in [1.165, 1.54) is 12.1 Å². The summed E-state index contributed by atoms with van der Waals surface area (Å²) in [6, 6.07) is 6.24. The van der Waals surface area contributed by atoms with E-state index >= 15 is 0 Å². The summed E-state index contributed by atoms with van der Waals surface area (Å²) >= 11 is 0. The molecule has 2 nitrogen and oxygen atoms in total. The SMILES string of the molecule is C[C@@H](c1cccc(F)c1)N(C)C(=O)C(C)(C)C. The molecule has 0 heterocycles. The standard InChI is InChI=1S/C14H20FNO/c1-10(11-7-6-8-12(15)9-11)16(5)13(17)14(2,3)4/h6-10H,1-5H3/t10-/m0/s1. The minimum absolute atomic E-state index is 0.0502. The summed E-state index contributed by atoms with van der Waals surface area (Å²) in [5.41, 5.74) is 0.390. The highest BCUT2D eigenvalue weighted by atomic mass is 19.1. The van der Waals surface area contributed by atoms with Crippen LogP contribution in [0.2, 0.25) is 0 Å². The van der Waals surface area contributed by atoms with Crippen LogP contribution >= 0.6 is 0 Å². The van der Waals surface area contributed by atoms with Gasteiger partial charge in [-0.1, -0.05) is 32.9 Å². The third-order valence-corrected chi connectivity index (χ3v) is 2.87. The van der Waals surface area contributed by atoms with Crippen molar-refractivity contribution in [3.05, 3.63) is 35.6 Å². The second-order valence-electron chi connectivity index (χ2n) is 5.40. The molecule has 0 N–H and O–H groups in total. The highest BCUT2D eigenvalue weighted by Crippen LogP contribution is 2.25. The van der Waals surface area contributed by atoms with Crippen molar-refractivity contribution >= 4 is 5.91 Å². The lowest BCUT2D eigenvalue weighted by molar-refractivity contribution is -0.140. The number of nitrogens with zero attached hydrogens (tertiary/aromatic N) is 1. The molecular weight excluding hydrogens is 217 g/mol. The number of benzene rings is 1. The zero-order chi connectivity index (χ0) is 13.2. The molecule has 1 atom stereocenters. The predicted molar refractivity (Wildman–Crippen MR) is 67.0 cm³/mol. The Morgan fingerprint density at radius 2 is 1.94 bits per heavy atom. The van der Waals surface area contributed by atoms with Gasteiger partial charge in [-0.25, -0.2) is 4.39 Å². The number of carbonyl (C=O) groups is 1. The van der Waals surface area contributed by atoms with Crippen LogP contribution in [0.25, 0.3) is 0 Å². The zero-order valence-corrected chi connectivity index (χ0v) is 11.1. The van der Waals surface area contributed by atoms with Gasteiger partial charge in [0.25, 0.3) is 0 Å². The van der Waals surface area contributed by atoms with Gasteiger partial charge in [0, 0.05) is 12.5 Å². The molecule has 1 amide bonds. The molecule has 0 aliphatic heterocycles. The molecule has 0 aromatic heterocycles. The van der Waals surface area contributed by atoms with Crippen molar-refractivity contribution in [1.82, 2.24) is 4.90 Å². The van der Waals surface area contributed by atoms with Crippen LogP contribution in [0.1, 0.15) is 39.3 Å². The normalized spacial score (nSPS) is 13.3. The zero-order valence-electron chi connectivity index (χ0n) is 11.1. The summed E-state index contributed by atoms with van der Waals surface area (Å²) in [4.78, 5) is 13.8. The Hall–Kier alpha value is -1.38. The molecule has 0 bridgehead atoms. The maximum absolute atomic E-state index is 13.1. The molecule has 3 heteroatoms. The third-order valence-electron chi connectivity index (χ3n) is 2.87. The van der Waals surface area contributed by atoms with E-state index in [1.807, 2.05) is 33.8 Å². The van der Waals surface area contributed by atoms with E-state index in [4.69, 9.17) is 0 Å². The van der Waals surface area contributed by atoms with Gasteiger partial charge in [-0.05, 0) is 24.6 Å². The monoisotopic (exact) mass is 237 g/mol. The molecule has 94 valence electrons. The fraction of sp³-hybridized carbons (Fsp3) is 0.500. The van der Waals surface area contributed by atoms with Crippen LogP contribution in [0, 0.1) is 11.2 Å². The van der Waals surface area contributed by atoms with Gasteiger partial charge in [0.1, 0.15) is 5.82 Å². The highest BCUT2D eigenvalue weighted by molar-refractivity contribution is 5.81. The topological polar surface area (TPSA) is 20.3 Å². The molecule has 1 aromatic carbocycles. The largest absolute Gasteiger partial charge is 0.339 e. The van der Waals surface area contributed by atoms with Crippen molar-refractivity contribution in [1.29, 1.82) is 0 Å². The number of amides is 1. The fourth-order valence-electron chi connectivity index (χ4n) is 1.70. The molecule has 0 spiro atoms. The summed E-state index contributed by atoms with van der Waals surface area (Å²) in [6.45, 7) is 7.54. The molecule has 0 saturated carbocycles. The van der Waals surface area contributed by atoms with Gasteiger partial charge < -0.3 is 4.90 Å². The van der Waals surface area contributed by atoms with E-state index in [2.05, 4.69) is 0 Å². The lowest BCUT2D eigenvalue weighted by Crippen LogP contribution is -2.38. The Bertz CT molecular complexity index is 409. The van der Waals surface area contributed by atoms with Crippen LogP contribution in [0.5, 0.6) is 0 Å². The summed E-state index contributed by atoms with van der Waals surface area (Å²) in [6.07, 6.45) is 0. The predicted octanol–water partition coefficient (Wildman–Crippen LogP) is 3.39. The quantitative estimate of drug-likeness (QED) is 0.772. The highest BCUT2D eigenvalue weighted by Gasteiger charge is 2.28. The summed E-state index contributed by atoms with van der Waals surface area (Å²) in [5, 5.41) is 0. The molecule has 0 aliphatic rings. The first-order chi connectivity index (χ1) is 7.73. The van der Waals surface area contributed by atoms with Crippen molar-refractivity contribution in [3.63, 3.8) is 0 Å². The molecular formula is C14H20FNO. The van der Waals surface area contributed by atoms with Crippen molar-refractivity contribution in [2.24, 2.45) is 5.41 Å². The van der Waals surface area contributed by atoms with Crippen LogP contribution in [-0.4, -0.2) is 17.9 Å². The Morgan fingerprint density at radius 3 is 2.41 bits per heavy atom. The molecule has 0 unspecified atom stereocenters. The summed E-state index contributed by atoms with van der Waals surface area (Å²) < 4.78 is 13.1. The Labute approximate surface area is 102 Å². The van der Waals surface area contributed by atoms with Gasteiger partial charge in [-0.3, -0.25) is 4.79 Å². The van der Waals surface area contributed by atoms with Crippen molar-refractivity contribution < 1.29 is 9.18 Å². The average Bonchev–Trinajstić information content (AvgIpc) is 2.25. The van der Waals surface area contributed by atoms with E-state index in [0.717, 1.165) is 5.56 Å². The van der Waals surface area contributed by atoms with Gasteiger partial charge in [0.05, 0.1) is 6.04 Å². The molecule has 0 radical (unpaired) electrons. The lowest BCUT2D eigenvalue weighted by Gasteiger charge is -2.31. The number of hydrogen-bond acceptors (Lipinski definition) is 1. The second kappa shape index (κ2) is 4.86. The molecule has 0 aliphatic carbocycles.